The molecule has 0 heterocycles. The van der Waals surface area contributed by atoms with Crippen molar-refractivity contribution in [2.45, 2.75) is 71.6 Å². The normalized spacial score (nSPS) is 17.5. The molecule has 104 valence electrons. The Morgan fingerprint density at radius 2 is 1.82 bits per heavy atom. The van der Waals surface area contributed by atoms with Gasteiger partial charge in [0, 0.05) is 19.7 Å². The summed E-state index contributed by atoms with van der Waals surface area (Å²) in [5.41, 5.74) is 5.93. The Balaban J connectivity index is 4.73. The van der Waals surface area contributed by atoms with Crippen LogP contribution in [0.3, 0.4) is 0 Å². The molecule has 2 atom stereocenters. The predicted molar refractivity (Wildman–Crippen MR) is 75.3 cm³/mol. The Kier molecular flexibility index (Phi) is 8.01. The lowest BCUT2D eigenvalue weighted by atomic mass is 9.91. The molecule has 0 aromatic heterocycles. The van der Waals surface area contributed by atoms with E-state index in [1.807, 2.05) is 0 Å². The number of hydrogen-bond acceptors (Lipinski definition) is 3. The summed E-state index contributed by atoms with van der Waals surface area (Å²) in [5.74, 6) is 0. The van der Waals surface area contributed by atoms with E-state index in [9.17, 15) is 0 Å². The van der Waals surface area contributed by atoms with Gasteiger partial charge in [-0.05, 0) is 40.7 Å². The number of ether oxygens (including phenoxy) is 1. The average Bonchev–Trinajstić information content (AvgIpc) is 2.32. The van der Waals surface area contributed by atoms with E-state index in [4.69, 9.17) is 10.5 Å². The van der Waals surface area contributed by atoms with E-state index in [1.54, 1.807) is 7.11 Å². The van der Waals surface area contributed by atoms with Crippen molar-refractivity contribution in [3.05, 3.63) is 0 Å². The molecule has 0 aliphatic rings. The third-order valence-corrected chi connectivity index (χ3v) is 3.92. The lowest BCUT2D eigenvalue weighted by Crippen LogP contribution is -2.61. The molecule has 0 aliphatic heterocycles. The summed E-state index contributed by atoms with van der Waals surface area (Å²) in [6.07, 6.45) is 3.92. The van der Waals surface area contributed by atoms with Gasteiger partial charge in [0.25, 0.3) is 0 Å². The van der Waals surface area contributed by atoms with Crippen molar-refractivity contribution in [3.63, 3.8) is 0 Å². The molecule has 2 N–H and O–H groups in total. The van der Waals surface area contributed by atoms with Gasteiger partial charge in [0.2, 0.25) is 0 Å². The monoisotopic (exact) mass is 244 g/mol. The summed E-state index contributed by atoms with van der Waals surface area (Å²) in [7, 11) is 1.77. The Morgan fingerprint density at radius 1 is 1.24 bits per heavy atom. The number of nitrogens with zero attached hydrogens (tertiary/aromatic N) is 1. The molecule has 0 fully saturated rings. The molecule has 17 heavy (non-hydrogen) atoms. The largest absolute Gasteiger partial charge is 0.380 e. The predicted octanol–water partition coefficient (Wildman–Crippen LogP) is 2.64. The van der Waals surface area contributed by atoms with E-state index in [0.717, 1.165) is 6.54 Å². The molecule has 0 aromatic rings. The van der Waals surface area contributed by atoms with Crippen molar-refractivity contribution in [1.29, 1.82) is 0 Å². The van der Waals surface area contributed by atoms with Crippen LogP contribution >= 0.6 is 0 Å². The van der Waals surface area contributed by atoms with Crippen LogP contribution in [0.2, 0.25) is 0 Å². The fourth-order valence-corrected chi connectivity index (χ4v) is 2.41. The first kappa shape index (κ1) is 16.9. The molecule has 0 bridgehead atoms. The van der Waals surface area contributed by atoms with Gasteiger partial charge >= 0.3 is 0 Å². The second-order valence-electron chi connectivity index (χ2n) is 5.43. The Bertz CT molecular complexity index is 197. The highest BCUT2D eigenvalue weighted by Crippen LogP contribution is 2.24. The average molecular weight is 244 g/mol. The van der Waals surface area contributed by atoms with E-state index in [-0.39, 0.29) is 11.6 Å². The zero-order valence-electron chi connectivity index (χ0n) is 12.6. The molecular formula is C14H32N2O. The summed E-state index contributed by atoms with van der Waals surface area (Å²) in [4.78, 5) is 2.50. The maximum atomic E-state index is 6.00. The number of rotatable bonds is 9. The van der Waals surface area contributed by atoms with Crippen molar-refractivity contribution < 1.29 is 4.74 Å². The van der Waals surface area contributed by atoms with Gasteiger partial charge < -0.3 is 10.5 Å². The van der Waals surface area contributed by atoms with Crippen molar-refractivity contribution in [3.8, 4) is 0 Å². The molecule has 2 unspecified atom stereocenters. The third-order valence-electron chi connectivity index (χ3n) is 3.92. The summed E-state index contributed by atoms with van der Waals surface area (Å²) in [6.45, 7) is 12.8. The number of methoxy groups -OCH3 is 1. The highest BCUT2D eigenvalue weighted by atomic mass is 16.5. The zero-order valence-corrected chi connectivity index (χ0v) is 12.6. The lowest BCUT2D eigenvalue weighted by molar-refractivity contribution is -0.0457. The maximum absolute atomic E-state index is 6.00. The molecule has 0 aromatic carbocycles. The molecule has 0 rings (SSSR count). The molecule has 0 radical (unpaired) electrons. The molecule has 0 amide bonds. The van der Waals surface area contributed by atoms with Crippen LogP contribution in [0, 0.1) is 0 Å². The van der Waals surface area contributed by atoms with Crippen LogP contribution in [0.25, 0.3) is 0 Å². The minimum atomic E-state index is -0.0728. The zero-order chi connectivity index (χ0) is 13.5. The van der Waals surface area contributed by atoms with E-state index in [0.29, 0.717) is 12.6 Å². The fourth-order valence-electron chi connectivity index (χ4n) is 2.41. The lowest BCUT2D eigenvalue weighted by Gasteiger charge is -2.46. The fraction of sp³-hybridized carbons (Fsp3) is 1.00. The quantitative estimate of drug-likeness (QED) is 0.634. The smallest absolute Gasteiger partial charge is 0.0736 e. The molecular weight excluding hydrogens is 212 g/mol. The Morgan fingerprint density at radius 3 is 2.18 bits per heavy atom. The van der Waals surface area contributed by atoms with Crippen LogP contribution in [0.4, 0.5) is 0 Å². The molecule has 0 spiro atoms. The van der Waals surface area contributed by atoms with Crippen LogP contribution in [0.15, 0.2) is 0 Å². The second kappa shape index (κ2) is 8.06. The first-order valence-electron chi connectivity index (χ1n) is 6.93. The molecule has 0 saturated heterocycles. The first-order chi connectivity index (χ1) is 7.93. The highest BCUT2D eigenvalue weighted by molar-refractivity contribution is 4.94. The molecule has 0 aliphatic carbocycles. The van der Waals surface area contributed by atoms with Gasteiger partial charge in [0.15, 0.2) is 0 Å². The van der Waals surface area contributed by atoms with Gasteiger partial charge in [-0.25, -0.2) is 0 Å². The topological polar surface area (TPSA) is 38.5 Å². The van der Waals surface area contributed by atoms with E-state index >= 15 is 0 Å². The summed E-state index contributed by atoms with van der Waals surface area (Å²) >= 11 is 0. The van der Waals surface area contributed by atoms with Crippen LogP contribution in [-0.4, -0.2) is 42.8 Å². The SMILES string of the molecule is CCCCCN(C(C)C)C(C)(CN)C(C)OC. The molecule has 3 nitrogen and oxygen atoms in total. The van der Waals surface area contributed by atoms with Crippen molar-refractivity contribution in [2.75, 3.05) is 20.2 Å². The Hall–Kier alpha value is -0.120. The van der Waals surface area contributed by atoms with Crippen molar-refractivity contribution in [2.24, 2.45) is 5.73 Å². The van der Waals surface area contributed by atoms with Crippen molar-refractivity contribution in [1.82, 2.24) is 4.90 Å². The van der Waals surface area contributed by atoms with Gasteiger partial charge in [0.1, 0.15) is 0 Å². The standard InChI is InChI=1S/C14H32N2O/c1-7-8-9-10-16(12(2)3)14(5,11-15)13(4)17-6/h12-13H,7-11,15H2,1-6H3. The van der Waals surface area contributed by atoms with Crippen molar-refractivity contribution >= 4 is 0 Å². The number of unbranched alkanes of at least 4 members (excludes halogenated alkanes) is 2. The maximum Gasteiger partial charge on any atom is 0.0736 e. The first-order valence-corrected chi connectivity index (χ1v) is 6.93. The summed E-state index contributed by atoms with van der Waals surface area (Å²) < 4.78 is 5.52. The van der Waals surface area contributed by atoms with Gasteiger partial charge in [-0.1, -0.05) is 19.8 Å². The van der Waals surface area contributed by atoms with Crippen LogP contribution in [0.1, 0.15) is 53.9 Å². The third kappa shape index (κ3) is 4.57. The number of nitrogens with two attached hydrogens (primary N) is 1. The van der Waals surface area contributed by atoms with Crippen LogP contribution in [-0.2, 0) is 4.74 Å². The number of hydrogen-bond donors (Lipinski definition) is 1. The van der Waals surface area contributed by atoms with Gasteiger partial charge in [0.05, 0.1) is 11.6 Å². The molecule has 0 saturated carbocycles. The minimum absolute atomic E-state index is 0.0728. The van der Waals surface area contributed by atoms with E-state index in [2.05, 4.69) is 39.5 Å². The van der Waals surface area contributed by atoms with Gasteiger partial charge in [-0.2, -0.15) is 0 Å². The Labute approximate surface area is 108 Å². The minimum Gasteiger partial charge on any atom is -0.380 e. The van der Waals surface area contributed by atoms with Gasteiger partial charge in [-0.15, -0.1) is 0 Å². The second-order valence-corrected chi connectivity index (χ2v) is 5.43. The van der Waals surface area contributed by atoms with Crippen LogP contribution in [0.5, 0.6) is 0 Å². The summed E-state index contributed by atoms with van der Waals surface area (Å²) in [5, 5.41) is 0. The van der Waals surface area contributed by atoms with E-state index in [1.165, 1.54) is 19.3 Å². The van der Waals surface area contributed by atoms with E-state index < -0.39 is 0 Å². The summed E-state index contributed by atoms with van der Waals surface area (Å²) in [6, 6.07) is 0.498. The van der Waals surface area contributed by atoms with Crippen LogP contribution < -0.4 is 5.73 Å². The molecule has 3 heteroatoms. The highest BCUT2D eigenvalue weighted by Gasteiger charge is 2.37. The van der Waals surface area contributed by atoms with Gasteiger partial charge in [-0.3, -0.25) is 4.90 Å².